The quantitative estimate of drug-likeness (QED) is 0.423. The normalized spacial score (nSPS) is 20.8. The van der Waals surface area contributed by atoms with Crippen molar-refractivity contribution >= 4 is 35.8 Å². The predicted molar refractivity (Wildman–Crippen MR) is 106 cm³/mol. The molecule has 1 fully saturated rings. The molecular formula is C16H28IN5O. The van der Waals surface area contributed by atoms with Crippen LogP contribution in [0.2, 0.25) is 0 Å². The van der Waals surface area contributed by atoms with E-state index in [1.54, 1.807) is 7.05 Å². The molecule has 0 aromatic carbocycles. The van der Waals surface area contributed by atoms with E-state index in [0.29, 0.717) is 6.54 Å². The summed E-state index contributed by atoms with van der Waals surface area (Å²) in [4.78, 5) is 10.7. The predicted octanol–water partition coefficient (Wildman–Crippen LogP) is 2.00. The summed E-state index contributed by atoms with van der Waals surface area (Å²) in [6.45, 7) is 4.44. The van der Waals surface area contributed by atoms with Gasteiger partial charge < -0.3 is 20.3 Å². The Hall–Kier alpha value is -1.09. The summed E-state index contributed by atoms with van der Waals surface area (Å²) in [6.07, 6.45) is 4.03. The van der Waals surface area contributed by atoms with Gasteiger partial charge in [0.05, 0.1) is 5.60 Å². The fraction of sp³-hybridized carbons (Fsp3) is 0.625. The number of pyridine rings is 1. The van der Waals surface area contributed by atoms with Crippen LogP contribution >= 0.6 is 24.0 Å². The second-order valence-electron chi connectivity index (χ2n) is 6.06. The average Bonchev–Trinajstić information content (AvgIpc) is 2.95. The van der Waals surface area contributed by atoms with Crippen molar-refractivity contribution in [2.45, 2.75) is 31.9 Å². The molecule has 1 unspecified atom stereocenters. The minimum atomic E-state index is -0.0826. The second kappa shape index (κ2) is 9.27. The van der Waals surface area contributed by atoms with E-state index < -0.39 is 0 Å². The van der Waals surface area contributed by atoms with Gasteiger partial charge in [-0.05, 0) is 25.8 Å². The van der Waals surface area contributed by atoms with Crippen LogP contribution in [-0.2, 0) is 11.3 Å². The number of guanidine groups is 1. The fourth-order valence-corrected chi connectivity index (χ4v) is 2.62. The SMILES string of the molecule is CN=C(NCc1cccnc1N(C)C)NCC1(C)CCCO1.I. The summed E-state index contributed by atoms with van der Waals surface area (Å²) in [5, 5.41) is 6.69. The molecular weight excluding hydrogens is 405 g/mol. The van der Waals surface area contributed by atoms with Crippen LogP contribution in [0.25, 0.3) is 0 Å². The molecule has 1 aliphatic heterocycles. The number of hydrogen-bond donors (Lipinski definition) is 2. The second-order valence-corrected chi connectivity index (χ2v) is 6.06. The van der Waals surface area contributed by atoms with Gasteiger partial charge in [0, 0.05) is 52.6 Å². The van der Waals surface area contributed by atoms with Gasteiger partial charge in [0.25, 0.3) is 0 Å². The lowest BCUT2D eigenvalue weighted by atomic mass is 10.0. The van der Waals surface area contributed by atoms with E-state index in [-0.39, 0.29) is 29.6 Å². The molecule has 0 radical (unpaired) electrons. The molecule has 0 aliphatic carbocycles. The Balaban J connectivity index is 0.00000264. The third kappa shape index (κ3) is 5.80. The standard InChI is InChI=1S/C16H27N5O.HI/c1-16(8-6-10-22-16)12-20-15(17-2)19-11-13-7-5-9-18-14(13)21(3)4;/h5,7,9H,6,8,10-12H2,1-4H3,(H2,17,19,20);1H. The molecule has 0 saturated carbocycles. The lowest BCUT2D eigenvalue weighted by Gasteiger charge is -2.25. The van der Waals surface area contributed by atoms with Crippen LogP contribution in [0.15, 0.2) is 23.3 Å². The molecule has 7 heteroatoms. The largest absolute Gasteiger partial charge is 0.373 e. The van der Waals surface area contributed by atoms with E-state index in [0.717, 1.165) is 43.3 Å². The number of aliphatic imine (C=N–C) groups is 1. The molecule has 1 aliphatic rings. The van der Waals surface area contributed by atoms with Crippen LogP contribution in [-0.4, -0.2) is 50.8 Å². The third-order valence-electron chi connectivity index (χ3n) is 3.89. The van der Waals surface area contributed by atoms with E-state index in [4.69, 9.17) is 4.74 Å². The van der Waals surface area contributed by atoms with E-state index in [2.05, 4.69) is 33.6 Å². The Morgan fingerprint density at radius 3 is 2.83 bits per heavy atom. The first-order valence-corrected chi connectivity index (χ1v) is 7.74. The van der Waals surface area contributed by atoms with Gasteiger partial charge in [0.2, 0.25) is 0 Å². The molecule has 0 bridgehead atoms. The van der Waals surface area contributed by atoms with Crippen molar-refractivity contribution in [2.75, 3.05) is 39.2 Å². The Morgan fingerprint density at radius 2 is 2.22 bits per heavy atom. The number of nitrogens with one attached hydrogen (secondary N) is 2. The summed E-state index contributed by atoms with van der Waals surface area (Å²) in [7, 11) is 5.78. The van der Waals surface area contributed by atoms with E-state index in [9.17, 15) is 0 Å². The van der Waals surface area contributed by atoms with Crippen molar-refractivity contribution in [3.63, 3.8) is 0 Å². The summed E-state index contributed by atoms with van der Waals surface area (Å²) < 4.78 is 5.79. The third-order valence-corrected chi connectivity index (χ3v) is 3.89. The van der Waals surface area contributed by atoms with Crippen molar-refractivity contribution in [3.8, 4) is 0 Å². The minimum Gasteiger partial charge on any atom is -0.373 e. The first kappa shape index (κ1) is 20.0. The van der Waals surface area contributed by atoms with Gasteiger partial charge in [0.15, 0.2) is 5.96 Å². The van der Waals surface area contributed by atoms with Crippen LogP contribution in [0.4, 0.5) is 5.82 Å². The molecule has 1 aromatic heterocycles. The zero-order valence-corrected chi connectivity index (χ0v) is 16.8. The van der Waals surface area contributed by atoms with E-state index in [1.165, 1.54) is 0 Å². The maximum Gasteiger partial charge on any atom is 0.191 e. The van der Waals surface area contributed by atoms with Crippen molar-refractivity contribution in [2.24, 2.45) is 4.99 Å². The first-order chi connectivity index (χ1) is 10.5. The summed E-state index contributed by atoms with van der Waals surface area (Å²) in [5.41, 5.74) is 1.06. The number of anilines is 1. The lowest BCUT2D eigenvalue weighted by Crippen LogP contribution is -2.45. The molecule has 0 spiro atoms. The van der Waals surface area contributed by atoms with Crippen LogP contribution < -0.4 is 15.5 Å². The highest BCUT2D eigenvalue weighted by Gasteiger charge is 2.29. The zero-order valence-electron chi connectivity index (χ0n) is 14.4. The highest BCUT2D eigenvalue weighted by Crippen LogP contribution is 2.23. The topological polar surface area (TPSA) is 61.8 Å². The summed E-state index contributed by atoms with van der Waals surface area (Å²) in [5.74, 6) is 1.75. The van der Waals surface area contributed by atoms with Crippen LogP contribution in [0, 0.1) is 0 Å². The molecule has 0 amide bonds. The first-order valence-electron chi connectivity index (χ1n) is 7.74. The van der Waals surface area contributed by atoms with Gasteiger partial charge in [-0.2, -0.15) is 0 Å². The summed E-state index contributed by atoms with van der Waals surface area (Å²) >= 11 is 0. The smallest absolute Gasteiger partial charge is 0.191 e. The van der Waals surface area contributed by atoms with Gasteiger partial charge in [-0.25, -0.2) is 4.98 Å². The lowest BCUT2D eigenvalue weighted by molar-refractivity contribution is 0.0243. The van der Waals surface area contributed by atoms with Gasteiger partial charge in [-0.3, -0.25) is 4.99 Å². The van der Waals surface area contributed by atoms with E-state index in [1.807, 2.05) is 31.3 Å². The number of hydrogen-bond acceptors (Lipinski definition) is 4. The van der Waals surface area contributed by atoms with Crippen LogP contribution in [0.3, 0.4) is 0 Å². The number of aromatic nitrogens is 1. The van der Waals surface area contributed by atoms with Gasteiger partial charge in [0.1, 0.15) is 5.82 Å². The molecule has 1 aromatic rings. The summed E-state index contributed by atoms with van der Waals surface area (Å²) in [6, 6.07) is 4.03. The van der Waals surface area contributed by atoms with Crippen molar-refractivity contribution in [1.82, 2.24) is 15.6 Å². The monoisotopic (exact) mass is 433 g/mol. The molecule has 1 atom stereocenters. The van der Waals surface area contributed by atoms with E-state index >= 15 is 0 Å². The molecule has 2 rings (SSSR count). The number of nitrogens with zero attached hydrogens (tertiary/aromatic N) is 3. The maximum atomic E-state index is 5.79. The number of rotatable bonds is 5. The molecule has 2 N–H and O–H groups in total. The van der Waals surface area contributed by atoms with Crippen molar-refractivity contribution < 1.29 is 4.74 Å². The Kier molecular flexibility index (Phi) is 8.04. The number of halogens is 1. The van der Waals surface area contributed by atoms with Gasteiger partial charge in [-0.1, -0.05) is 6.07 Å². The number of ether oxygens (including phenoxy) is 1. The molecule has 23 heavy (non-hydrogen) atoms. The minimum absolute atomic E-state index is 0. The Labute approximate surface area is 156 Å². The van der Waals surface area contributed by atoms with Gasteiger partial charge >= 0.3 is 0 Å². The molecule has 6 nitrogen and oxygen atoms in total. The van der Waals surface area contributed by atoms with Gasteiger partial charge in [-0.15, -0.1) is 24.0 Å². The van der Waals surface area contributed by atoms with Crippen LogP contribution in [0.1, 0.15) is 25.3 Å². The van der Waals surface area contributed by atoms with Crippen molar-refractivity contribution in [1.29, 1.82) is 0 Å². The average molecular weight is 433 g/mol. The van der Waals surface area contributed by atoms with Crippen LogP contribution in [0.5, 0.6) is 0 Å². The molecule has 1 saturated heterocycles. The fourth-order valence-electron chi connectivity index (χ4n) is 2.62. The maximum absolute atomic E-state index is 5.79. The molecule has 130 valence electrons. The Bertz CT molecular complexity index is 515. The zero-order chi connectivity index (χ0) is 16.0. The highest BCUT2D eigenvalue weighted by atomic mass is 127. The Morgan fingerprint density at radius 1 is 1.43 bits per heavy atom. The molecule has 2 heterocycles. The van der Waals surface area contributed by atoms with Crippen molar-refractivity contribution in [3.05, 3.63) is 23.9 Å². The highest BCUT2D eigenvalue weighted by molar-refractivity contribution is 14.0.